The maximum absolute atomic E-state index is 12.9. The van der Waals surface area contributed by atoms with Gasteiger partial charge in [-0.25, -0.2) is 16.8 Å². The number of rotatable bonds is 0. The third kappa shape index (κ3) is 0.954. The van der Waals surface area contributed by atoms with E-state index in [0.29, 0.717) is 0 Å². The minimum atomic E-state index is -4.51. The van der Waals surface area contributed by atoms with Gasteiger partial charge < -0.3 is 0 Å². The zero-order chi connectivity index (χ0) is 10.6. The molecule has 1 aliphatic heterocycles. The third-order valence-electron chi connectivity index (χ3n) is 1.78. The molecule has 0 saturated heterocycles. The largest absolute Gasteiger partial charge is 0.284 e. The normalized spacial score (nSPS) is 23.2. The Labute approximate surface area is 79.8 Å². The molecule has 0 atom stereocenters. The summed E-state index contributed by atoms with van der Waals surface area (Å²) in [7, 11) is -9.03. The highest BCUT2D eigenvalue weighted by Crippen LogP contribution is 2.36. The number of hydrogen-bond donors (Lipinski definition) is 0. The third-order valence-corrected chi connectivity index (χ3v) is 5.67. The van der Waals surface area contributed by atoms with Crippen LogP contribution in [0.5, 0.6) is 0 Å². The highest BCUT2D eigenvalue weighted by atomic mass is 32.3. The number of benzene rings is 1. The van der Waals surface area contributed by atoms with Crippen molar-refractivity contribution in [3.63, 3.8) is 0 Å². The summed E-state index contributed by atoms with van der Waals surface area (Å²) in [6, 6.07) is 4.74. The Bertz CT molecular complexity index is 539. The molecular weight excluding hydrogens is 233 g/mol. The maximum atomic E-state index is 12.9. The average Bonchev–Trinajstić information content (AvgIpc) is 2.28. The summed E-state index contributed by atoms with van der Waals surface area (Å²) in [4.78, 5) is -1.05. The first-order valence-electron chi connectivity index (χ1n) is 3.44. The average molecular weight is 237 g/mol. The molecule has 1 aliphatic rings. The molecule has 0 fully saturated rings. The molecule has 8 heteroatoms. The number of fused-ring (bicyclic) bond motifs is 1. The van der Waals surface area contributed by atoms with E-state index in [-0.39, 0.29) is 0 Å². The van der Waals surface area contributed by atoms with E-state index < -0.39 is 33.8 Å². The summed E-state index contributed by atoms with van der Waals surface area (Å²) >= 11 is 0. The van der Waals surface area contributed by atoms with E-state index in [1.807, 2.05) is 0 Å². The zero-order valence-electron chi connectivity index (χ0n) is 6.58. The Hall–Kier alpha value is -0.990. The van der Waals surface area contributed by atoms with Gasteiger partial charge in [-0.1, -0.05) is 12.1 Å². The predicted octanol–water partition coefficient (Wildman–Crippen LogP) is 0.264. The molecule has 14 heavy (non-hydrogen) atoms. The molecular formula is C6H4FNO4S2. The molecule has 1 heterocycles. The van der Waals surface area contributed by atoms with Crippen molar-refractivity contribution in [3.05, 3.63) is 24.3 Å². The second kappa shape index (κ2) is 2.53. The fourth-order valence-electron chi connectivity index (χ4n) is 1.16. The molecule has 0 aliphatic carbocycles. The van der Waals surface area contributed by atoms with E-state index in [9.17, 15) is 21.3 Å². The van der Waals surface area contributed by atoms with Crippen LogP contribution in [0.25, 0.3) is 0 Å². The van der Waals surface area contributed by atoms with Gasteiger partial charge in [0.2, 0.25) is 0 Å². The van der Waals surface area contributed by atoms with Gasteiger partial charge in [0.25, 0.3) is 20.0 Å². The van der Waals surface area contributed by atoms with Crippen molar-refractivity contribution in [1.29, 1.82) is 0 Å². The Balaban J connectivity index is 2.98. The van der Waals surface area contributed by atoms with Crippen LogP contribution in [0.1, 0.15) is 0 Å². The fraction of sp³-hybridized carbons (Fsp3) is 0. The predicted molar refractivity (Wildman–Crippen MR) is 43.8 cm³/mol. The van der Waals surface area contributed by atoms with Crippen molar-refractivity contribution in [2.75, 3.05) is 0 Å². The molecule has 0 spiro atoms. The van der Waals surface area contributed by atoms with Crippen LogP contribution in [0, 0.1) is 0 Å². The minimum Gasteiger partial charge on any atom is -0.203 e. The molecule has 1 aromatic rings. The van der Waals surface area contributed by atoms with Gasteiger partial charge in [0, 0.05) is 0 Å². The van der Waals surface area contributed by atoms with E-state index in [4.69, 9.17) is 0 Å². The lowest BCUT2D eigenvalue weighted by molar-refractivity contribution is 0.256. The Morgan fingerprint density at radius 1 is 0.929 bits per heavy atom. The summed E-state index contributed by atoms with van der Waals surface area (Å²) in [5.41, 5.74) is 0. The standard InChI is InChI=1S/C6H4FNO4S2/c7-8-13(9,10)5-3-1-2-4-6(5)14(8,11)12/h1-4H. The molecule has 0 saturated carbocycles. The van der Waals surface area contributed by atoms with Crippen molar-refractivity contribution < 1.29 is 21.3 Å². The SMILES string of the molecule is O=S1(=O)c2ccccc2S(=O)(=O)N1F. The number of nitrogens with zero attached hydrogens (tertiary/aromatic N) is 1. The quantitative estimate of drug-likeness (QED) is 0.607. The fourth-order valence-corrected chi connectivity index (χ4v) is 4.76. The number of halogens is 1. The Kier molecular flexibility index (Phi) is 1.72. The molecule has 5 nitrogen and oxygen atoms in total. The van der Waals surface area contributed by atoms with E-state index in [1.165, 1.54) is 12.1 Å². The molecule has 0 aromatic heterocycles. The first-order chi connectivity index (χ1) is 6.38. The summed E-state index contributed by atoms with van der Waals surface area (Å²) < 4.78 is 56.5. The van der Waals surface area contributed by atoms with Crippen LogP contribution in [-0.2, 0) is 20.0 Å². The monoisotopic (exact) mass is 237 g/mol. The van der Waals surface area contributed by atoms with Gasteiger partial charge in [-0.2, -0.15) is 0 Å². The lowest BCUT2D eigenvalue weighted by Gasteiger charge is -1.98. The molecule has 0 unspecified atom stereocenters. The summed E-state index contributed by atoms with van der Waals surface area (Å²) in [6.07, 6.45) is 0. The van der Waals surface area contributed by atoms with Gasteiger partial charge in [0.05, 0.1) is 3.93 Å². The Morgan fingerprint density at radius 3 is 1.64 bits per heavy atom. The van der Waals surface area contributed by atoms with E-state index >= 15 is 0 Å². The van der Waals surface area contributed by atoms with Crippen molar-refractivity contribution >= 4 is 20.0 Å². The van der Waals surface area contributed by atoms with Gasteiger partial charge in [0.1, 0.15) is 9.79 Å². The van der Waals surface area contributed by atoms with Gasteiger partial charge in [-0.05, 0) is 12.1 Å². The number of sulfonamides is 2. The van der Waals surface area contributed by atoms with Gasteiger partial charge in [0.15, 0.2) is 0 Å². The molecule has 0 radical (unpaired) electrons. The van der Waals surface area contributed by atoms with Gasteiger partial charge >= 0.3 is 0 Å². The highest BCUT2D eigenvalue weighted by molar-refractivity contribution is 8.06. The maximum Gasteiger partial charge on any atom is 0.284 e. The van der Waals surface area contributed by atoms with Crippen LogP contribution in [-0.4, -0.2) is 20.8 Å². The van der Waals surface area contributed by atoms with Crippen LogP contribution >= 0.6 is 0 Å². The van der Waals surface area contributed by atoms with E-state index in [1.54, 1.807) is 0 Å². The molecule has 1 aromatic carbocycles. The number of hydrogen-bond acceptors (Lipinski definition) is 4. The first kappa shape index (κ1) is 9.56. The van der Waals surface area contributed by atoms with Crippen molar-refractivity contribution in [3.8, 4) is 0 Å². The first-order valence-corrected chi connectivity index (χ1v) is 6.32. The second-order valence-electron chi connectivity index (χ2n) is 2.61. The van der Waals surface area contributed by atoms with E-state index in [2.05, 4.69) is 0 Å². The highest BCUT2D eigenvalue weighted by Gasteiger charge is 2.48. The lowest BCUT2D eigenvalue weighted by atomic mass is 10.4. The van der Waals surface area contributed by atoms with Crippen LogP contribution in [0.2, 0.25) is 0 Å². The second-order valence-corrected chi connectivity index (χ2v) is 6.26. The molecule has 0 N–H and O–H groups in total. The topological polar surface area (TPSA) is 71.5 Å². The van der Waals surface area contributed by atoms with Crippen molar-refractivity contribution in [2.24, 2.45) is 0 Å². The van der Waals surface area contributed by atoms with Crippen molar-refractivity contribution in [1.82, 2.24) is 3.93 Å². The summed E-state index contributed by atoms with van der Waals surface area (Å²) in [5, 5.41) is 0. The van der Waals surface area contributed by atoms with Crippen LogP contribution in [0.4, 0.5) is 4.48 Å². The van der Waals surface area contributed by atoms with Gasteiger partial charge in [-0.3, -0.25) is 0 Å². The van der Waals surface area contributed by atoms with Crippen LogP contribution < -0.4 is 0 Å². The minimum absolute atomic E-state index is 0.525. The molecule has 2 rings (SSSR count). The molecule has 0 amide bonds. The van der Waals surface area contributed by atoms with Crippen LogP contribution in [0.3, 0.4) is 0 Å². The molecule has 76 valence electrons. The summed E-state index contributed by atoms with van der Waals surface area (Å²) in [6.45, 7) is 0. The van der Waals surface area contributed by atoms with E-state index in [0.717, 1.165) is 12.1 Å². The lowest BCUT2D eigenvalue weighted by Crippen LogP contribution is -2.21. The smallest absolute Gasteiger partial charge is 0.203 e. The summed E-state index contributed by atoms with van der Waals surface area (Å²) in [5.74, 6) is 0. The van der Waals surface area contributed by atoms with Crippen LogP contribution in [0.15, 0.2) is 34.1 Å². The Morgan fingerprint density at radius 2 is 1.29 bits per heavy atom. The zero-order valence-corrected chi connectivity index (χ0v) is 8.22. The van der Waals surface area contributed by atoms with Crippen molar-refractivity contribution in [2.45, 2.75) is 9.79 Å². The van der Waals surface area contributed by atoms with Gasteiger partial charge in [-0.15, -0.1) is 4.48 Å². The molecule has 0 bridgehead atoms.